The van der Waals surface area contributed by atoms with Crippen LogP contribution in [-0.4, -0.2) is 40.6 Å². The minimum Gasteiger partial charge on any atom is -0.504 e. The molecule has 3 rings (SSSR count). The Morgan fingerprint density at radius 3 is 1.25 bits per heavy atom. The van der Waals surface area contributed by atoms with Gasteiger partial charge in [-0.3, -0.25) is 0 Å². The summed E-state index contributed by atoms with van der Waals surface area (Å²) in [6.45, 7) is 0. The Hall–Kier alpha value is -3.16. The average molecular weight is 276 g/mol. The van der Waals surface area contributed by atoms with Crippen molar-refractivity contribution in [3.8, 4) is 34.5 Å². The third-order valence-electron chi connectivity index (χ3n) is 2.88. The first kappa shape index (κ1) is 11.9. The molecule has 0 radical (unpaired) electrons. The van der Waals surface area contributed by atoms with E-state index in [1.54, 1.807) is 0 Å². The molecule has 1 heterocycles. The summed E-state index contributed by atoms with van der Waals surface area (Å²) < 4.78 is 0. The van der Waals surface area contributed by atoms with Crippen LogP contribution in [0.2, 0.25) is 0 Å². The van der Waals surface area contributed by atoms with E-state index < -0.39 is 34.5 Å². The number of aromatic nitrogens is 2. The summed E-state index contributed by atoms with van der Waals surface area (Å²) in [4.78, 5) is 7.85. The maximum Gasteiger partial charge on any atom is 0.202 e. The van der Waals surface area contributed by atoms with Gasteiger partial charge in [-0.05, 0) is 0 Å². The molecule has 0 bridgehead atoms. The molecule has 0 saturated carbocycles. The lowest BCUT2D eigenvalue weighted by atomic mass is 10.2. The van der Waals surface area contributed by atoms with Crippen molar-refractivity contribution in [2.24, 2.45) is 0 Å². The Labute approximate surface area is 110 Å². The van der Waals surface area contributed by atoms with E-state index in [1.807, 2.05) is 0 Å². The summed E-state index contributed by atoms with van der Waals surface area (Å²) in [5, 5.41) is 57.1. The van der Waals surface area contributed by atoms with Crippen LogP contribution in [0.3, 0.4) is 0 Å². The summed E-state index contributed by atoms with van der Waals surface area (Å²) in [5.74, 6) is -4.07. The van der Waals surface area contributed by atoms with E-state index in [0.717, 1.165) is 12.1 Å². The number of nitrogens with zero attached hydrogens (tertiary/aromatic N) is 2. The zero-order valence-electron chi connectivity index (χ0n) is 9.73. The van der Waals surface area contributed by atoms with Crippen LogP contribution in [0.1, 0.15) is 0 Å². The van der Waals surface area contributed by atoms with Gasteiger partial charge >= 0.3 is 0 Å². The minimum atomic E-state index is -0.752. The van der Waals surface area contributed by atoms with E-state index in [0.29, 0.717) is 0 Å². The SMILES string of the molecule is Oc1cc2nc3c(O)c(O)c(O)cc3nc2c(O)c1O. The summed E-state index contributed by atoms with van der Waals surface area (Å²) in [6.07, 6.45) is 0. The number of aromatic hydroxyl groups is 6. The number of fused-ring (bicyclic) bond motifs is 2. The molecule has 2 aromatic carbocycles. The van der Waals surface area contributed by atoms with Crippen molar-refractivity contribution < 1.29 is 30.6 Å². The van der Waals surface area contributed by atoms with E-state index in [-0.39, 0.29) is 22.1 Å². The molecule has 0 aliphatic carbocycles. The fraction of sp³-hybridized carbons (Fsp3) is 0. The number of hydrogen-bond donors (Lipinski definition) is 6. The molecule has 0 unspecified atom stereocenters. The maximum atomic E-state index is 9.70. The highest BCUT2D eigenvalue weighted by molar-refractivity contribution is 5.96. The summed E-state index contributed by atoms with van der Waals surface area (Å²) in [5.41, 5.74) is -0.272. The molecule has 20 heavy (non-hydrogen) atoms. The van der Waals surface area contributed by atoms with Gasteiger partial charge in [0.2, 0.25) is 11.5 Å². The van der Waals surface area contributed by atoms with Gasteiger partial charge in [-0.15, -0.1) is 0 Å². The lowest BCUT2D eigenvalue weighted by Gasteiger charge is -2.08. The molecule has 0 amide bonds. The predicted octanol–water partition coefficient (Wildman–Crippen LogP) is 1.02. The highest BCUT2D eigenvalue weighted by Crippen LogP contribution is 2.43. The van der Waals surface area contributed by atoms with Crippen molar-refractivity contribution in [1.82, 2.24) is 9.97 Å². The average Bonchev–Trinajstić information content (AvgIpc) is 2.42. The molecule has 0 spiro atoms. The summed E-state index contributed by atoms with van der Waals surface area (Å²) >= 11 is 0. The first-order valence-electron chi connectivity index (χ1n) is 5.39. The summed E-state index contributed by atoms with van der Waals surface area (Å²) in [7, 11) is 0. The standard InChI is InChI=1S/C12H8N2O6/c15-5-1-3-7(11(19)9(5)17)14-4-2-6(16)10(18)12(20)8(4)13-3/h1-2,15-20H. The normalized spacial score (nSPS) is 11.2. The van der Waals surface area contributed by atoms with E-state index in [9.17, 15) is 30.6 Å². The van der Waals surface area contributed by atoms with Crippen LogP contribution in [0.25, 0.3) is 22.1 Å². The van der Waals surface area contributed by atoms with Crippen molar-refractivity contribution in [1.29, 1.82) is 0 Å². The first-order chi connectivity index (χ1) is 9.40. The van der Waals surface area contributed by atoms with Gasteiger partial charge in [0.25, 0.3) is 0 Å². The molecule has 8 heteroatoms. The molecule has 0 fully saturated rings. The smallest absolute Gasteiger partial charge is 0.202 e. The van der Waals surface area contributed by atoms with Crippen LogP contribution in [0.5, 0.6) is 34.5 Å². The van der Waals surface area contributed by atoms with Gasteiger partial charge < -0.3 is 30.6 Å². The lowest BCUT2D eigenvalue weighted by molar-refractivity contribution is 0.369. The van der Waals surface area contributed by atoms with Crippen molar-refractivity contribution in [2.45, 2.75) is 0 Å². The Morgan fingerprint density at radius 2 is 0.900 bits per heavy atom. The van der Waals surface area contributed by atoms with E-state index >= 15 is 0 Å². The molecule has 0 saturated heterocycles. The molecule has 0 aliphatic heterocycles. The van der Waals surface area contributed by atoms with Crippen LogP contribution >= 0.6 is 0 Å². The largest absolute Gasteiger partial charge is 0.504 e. The molecule has 8 nitrogen and oxygen atoms in total. The predicted molar refractivity (Wildman–Crippen MR) is 67.0 cm³/mol. The van der Waals surface area contributed by atoms with Crippen LogP contribution in [0, 0.1) is 0 Å². The highest BCUT2D eigenvalue weighted by Gasteiger charge is 2.18. The lowest BCUT2D eigenvalue weighted by Crippen LogP contribution is -1.90. The molecule has 3 aromatic rings. The third kappa shape index (κ3) is 1.41. The van der Waals surface area contributed by atoms with E-state index in [2.05, 4.69) is 9.97 Å². The Bertz CT molecular complexity index is 804. The number of phenolic OH excluding ortho intramolecular Hbond substituents is 6. The van der Waals surface area contributed by atoms with Crippen LogP contribution in [0.4, 0.5) is 0 Å². The molecule has 0 aliphatic rings. The Kier molecular flexibility index (Phi) is 2.18. The maximum absolute atomic E-state index is 9.70. The van der Waals surface area contributed by atoms with Crippen molar-refractivity contribution in [3.05, 3.63) is 12.1 Å². The highest BCUT2D eigenvalue weighted by atomic mass is 16.3. The number of benzene rings is 2. The van der Waals surface area contributed by atoms with Crippen molar-refractivity contribution in [2.75, 3.05) is 0 Å². The molecule has 1 aromatic heterocycles. The molecular formula is C12H8N2O6. The van der Waals surface area contributed by atoms with Gasteiger partial charge in [0, 0.05) is 12.1 Å². The number of phenols is 6. The second kappa shape index (κ2) is 3.67. The number of rotatable bonds is 0. The third-order valence-corrected chi connectivity index (χ3v) is 2.88. The van der Waals surface area contributed by atoms with Gasteiger partial charge in [0.1, 0.15) is 11.0 Å². The van der Waals surface area contributed by atoms with Crippen LogP contribution < -0.4 is 0 Å². The summed E-state index contributed by atoms with van der Waals surface area (Å²) in [6, 6.07) is 2.08. The Balaban J connectivity index is 2.53. The zero-order valence-corrected chi connectivity index (χ0v) is 9.73. The molecular weight excluding hydrogens is 268 g/mol. The quantitative estimate of drug-likeness (QED) is 0.263. The monoisotopic (exact) mass is 276 g/mol. The van der Waals surface area contributed by atoms with E-state index in [4.69, 9.17) is 0 Å². The second-order valence-electron chi connectivity index (χ2n) is 4.14. The fourth-order valence-corrected chi connectivity index (χ4v) is 1.87. The van der Waals surface area contributed by atoms with Gasteiger partial charge in [0.05, 0.1) is 11.0 Å². The molecule has 102 valence electrons. The first-order valence-corrected chi connectivity index (χ1v) is 5.39. The van der Waals surface area contributed by atoms with Gasteiger partial charge in [-0.1, -0.05) is 0 Å². The zero-order chi connectivity index (χ0) is 14.6. The van der Waals surface area contributed by atoms with E-state index in [1.165, 1.54) is 0 Å². The van der Waals surface area contributed by atoms with Gasteiger partial charge in [-0.2, -0.15) is 0 Å². The van der Waals surface area contributed by atoms with Crippen LogP contribution in [-0.2, 0) is 0 Å². The van der Waals surface area contributed by atoms with Gasteiger partial charge in [0.15, 0.2) is 23.0 Å². The van der Waals surface area contributed by atoms with Crippen molar-refractivity contribution in [3.63, 3.8) is 0 Å². The Morgan fingerprint density at radius 1 is 0.550 bits per heavy atom. The fourth-order valence-electron chi connectivity index (χ4n) is 1.87. The van der Waals surface area contributed by atoms with Crippen molar-refractivity contribution >= 4 is 22.1 Å². The number of hydrogen-bond acceptors (Lipinski definition) is 8. The topological polar surface area (TPSA) is 147 Å². The minimum absolute atomic E-state index is 0.00862. The second-order valence-corrected chi connectivity index (χ2v) is 4.14. The van der Waals surface area contributed by atoms with Crippen LogP contribution in [0.15, 0.2) is 12.1 Å². The molecule has 6 N–H and O–H groups in total. The van der Waals surface area contributed by atoms with Gasteiger partial charge in [-0.25, -0.2) is 9.97 Å². The molecule has 0 atom stereocenters.